The molecule has 0 radical (unpaired) electrons. The molecule has 0 atom stereocenters. The normalized spacial score (nSPS) is 10.4. The van der Waals surface area contributed by atoms with Crippen LogP contribution in [0.3, 0.4) is 0 Å². The predicted octanol–water partition coefficient (Wildman–Crippen LogP) is 5.06. The van der Waals surface area contributed by atoms with Crippen molar-refractivity contribution in [2.45, 2.75) is 6.54 Å². The minimum absolute atomic E-state index is 0.125. The van der Waals surface area contributed by atoms with E-state index in [0.717, 1.165) is 5.56 Å². The molecule has 7 heteroatoms. The number of furan rings is 1. The molecule has 1 heterocycles. The van der Waals surface area contributed by atoms with Gasteiger partial charge < -0.3 is 9.73 Å². The molecule has 2 aromatic carbocycles. The van der Waals surface area contributed by atoms with E-state index in [2.05, 4.69) is 10.6 Å². The number of nitrogens with one attached hydrogen (secondary N) is 2. The van der Waals surface area contributed by atoms with Crippen molar-refractivity contribution in [2.75, 3.05) is 0 Å². The lowest BCUT2D eigenvalue weighted by atomic mass is 10.2. The molecule has 1 amide bonds. The fourth-order valence-electron chi connectivity index (χ4n) is 2.29. The van der Waals surface area contributed by atoms with Gasteiger partial charge in [-0.3, -0.25) is 10.1 Å². The van der Waals surface area contributed by atoms with Crippen LogP contribution in [0.5, 0.6) is 0 Å². The Labute approximate surface area is 166 Å². The molecule has 2 N–H and O–H groups in total. The zero-order valence-electron chi connectivity index (χ0n) is 13.5. The lowest BCUT2D eigenvalue weighted by Crippen LogP contribution is -2.38. The van der Waals surface area contributed by atoms with Gasteiger partial charge in [0.1, 0.15) is 5.76 Å². The van der Waals surface area contributed by atoms with Crippen LogP contribution in [0.25, 0.3) is 11.3 Å². The van der Waals surface area contributed by atoms with Crippen molar-refractivity contribution in [1.29, 1.82) is 0 Å². The number of hydrogen-bond donors (Lipinski definition) is 2. The van der Waals surface area contributed by atoms with Gasteiger partial charge in [0.05, 0.1) is 10.0 Å². The van der Waals surface area contributed by atoms with E-state index in [1.165, 1.54) is 0 Å². The minimum atomic E-state index is -0.444. The lowest BCUT2D eigenvalue weighted by molar-refractivity contribution is 0.0950. The highest BCUT2D eigenvalue weighted by molar-refractivity contribution is 7.80. The highest BCUT2D eigenvalue weighted by Gasteiger charge is 2.16. The molecule has 0 unspecified atom stereocenters. The molecule has 0 spiro atoms. The Morgan fingerprint density at radius 3 is 2.54 bits per heavy atom. The Hall–Kier alpha value is -2.34. The van der Waals surface area contributed by atoms with Gasteiger partial charge in [0, 0.05) is 12.1 Å². The number of thiocarbonyl (C=S) groups is 1. The van der Waals surface area contributed by atoms with Gasteiger partial charge in [-0.05, 0) is 42.0 Å². The van der Waals surface area contributed by atoms with E-state index < -0.39 is 5.91 Å². The van der Waals surface area contributed by atoms with Crippen molar-refractivity contribution >= 4 is 46.4 Å². The molecule has 4 nitrogen and oxygen atoms in total. The fraction of sp³-hybridized carbons (Fsp3) is 0.0526. The first kappa shape index (κ1) is 18.5. The van der Waals surface area contributed by atoms with Gasteiger partial charge in [0.15, 0.2) is 10.9 Å². The van der Waals surface area contributed by atoms with Crippen LogP contribution in [0.2, 0.25) is 10.0 Å². The van der Waals surface area contributed by atoms with Crippen molar-refractivity contribution in [1.82, 2.24) is 10.6 Å². The summed E-state index contributed by atoms with van der Waals surface area (Å²) in [5.74, 6) is 0.130. The summed E-state index contributed by atoms with van der Waals surface area (Å²) in [6.07, 6.45) is 0. The van der Waals surface area contributed by atoms with E-state index in [4.69, 9.17) is 39.8 Å². The van der Waals surface area contributed by atoms with Gasteiger partial charge in [-0.2, -0.15) is 0 Å². The van der Waals surface area contributed by atoms with Crippen molar-refractivity contribution in [3.8, 4) is 11.3 Å². The van der Waals surface area contributed by atoms with Crippen LogP contribution >= 0.6 is 35.4 Å². The number of halogens is 2. The fourth-order valence-corrected chi connectivity index (χ4v) is 2.84. The molecule has 0 aliphatic carbocycles. The second kappa shape index (κ2) is 8.36. The summed E-state index contributed by atoms with van der Waals surface area (Å²) in [6, 6.07) is 18.2. The van der Waals surface area contributed by atoms with Gasteiger partial charge in [-0.1, -0.05) is 59.6 Å². The zero-order valence-corrected chi connectivity index (χ0v) is 15.8. The smallest absolute Gasteiger partial charge is 0.293 e. The lowest BCUT2D eigenvalue weighted by Gasteiger charge is -2.08. The summed E-state index contributed by atoms with van der Waals surface area (Å²) in [5.41, 5.74) is 1.67. The number of rotatable bonds is 4. The topological polar surface area (TPSA) is 54.3 Å². The summed E-state index contributed by atoms with van der Waals surface area (Å²) >= 11 is 17.3. The molecule has 0 fully saturated rings. The maximum Gasteiger partial charge on any atom is 0.293 e. The summed E-state index contributed by atoms with van der Waals surface area (Å²) in [4.78, 5) is 12.3. The zero-order chi connectivity index (χ0) is 18.5. The molecule has 0 bridgehead atoms. The van der Waals surface area contributed by atoms with Gasteiger partial charge in [0.25, 0.3) is 5.91 Å². The molecule has 0 aliphatic rings. The standard InChI is InChI=1S/C19H14Cl2N2O2S/c20-14-8-4-7-13(17(14)21)15-9-10-16(25-15)18(24)23-19(26)22-11-12-5-2-1-3-6-12/h1-10H,11H2,(H2,22,23,24,26). The molecule has 26 heavy (non-hydrogen) atoms. The molecule has 3 aromatic rings. The molecular formula is C19H14Cl2N2O2S. The van der Waals surface area contributed by atoms with Gasteiger partial charge in [-0.15, -0.1) is 0 Å². The first-order chi connectivity index (χ1) is 12.5. The monoisotopic (exact) mass is 404 g/mol. The number of carbonyl (C=O) groups excluding carboxylic acids is 1. The van der Waals surface area contributed by atoms with Crippen LogP contribution in [0, 0.1) is 0 Å². The molecule has 0 aliphatic heterocycles. The summed E-state index contributed by atoms with van der Waals surface area (Å²) in [6.45, 7) is 0.515. The van der Waals surface area contributed by atoms with Crippen LogP contribution < -0.4 is 10.6 Å². The molecule has 132 valence electrons. The van der Waals surface area contributed by atoms with Crippen molar-refractivity contribution in [3.63, 3.8) is 0 Å². The quantitative estimate of drug-likeness (QED) is 0.596. The van der Waals surface area contributed by atoms with Gasteiger partial charge >= 0.3 is 0 Å². The predicted molar refractivity (Wildman–Crippen MR) is 108 cm³/mol. The third-order valence-electron chi connectivity index (χ3n) is 3.57. The van der Waals surface area contributed by atoms with E-state index in [1.54, 1.807) is 30.3 Å². The summed E-state index contributed by atoms with van der Waals surface area (Å²) in [5, 5.41) is 6.57. The number of hydrogen-bond acceptors (Lipinski definition) is 3. The van der Waals surface area contributed by atoms with Gasteiger partial charge in [0.2, 0.25) is 0 Å². The minimum Gasteiger partial charge on any atom is -0.451 e. The second-order valence-corrected chi connectivity index (χ2v) is 6.58. The summed E-state index contributed by atoms with van der Waals surface area (Å²) in [7, 11) is 0. The molecule has 1 aromatic heterocycles. The molecule has 0 saturated carbocycles. The average Bonchev–Trinajstić information content (AvgIpc) is 3.13. The second-order valence-electron chi connectivity index (χ2n) is 5.39. The Bertz CT molecular complexity index is 942. The first-order valence-corrected chi connectivity index (χ1v) is 8.88. The maximum absolute atomic E-state index is 12.3. The average molecular weight is 405 g/mol. The van der Waals surface area contributed by atoms with Crippen molar-refractivity contribution in [3.05, 3.63) is 82.0 Å². The third kappa shape index (κ3) is 4.43. The number of carbonyl (C=O) groups is 1. The van der Waals surface area contributed by atoms with Crippen LogP contribution in [-0.2, 0) is 6.54 Å². The van der Waals surface area contributed by atoms with Crippen molar-refractivity contribution in [2.24, 2.45) is 0 Å². The highest BCUT2D eigenvalue weighted by Crippen LogP contribution is 2.34. The van der Waals surface area contributed by atoms with Crippen LogP contribution in [0.1, 0.15) is 16.1 Å². The Morgan fingerprint density at radius 1 is 1.00 bits per heavy atom. The van der Waals surface area contributed by atoms with Crippen LogP contribution in [-0.4, -0.2) is 11.0 Å². The van der Waals surface area contributed by atoms with E-state index in [9.17, 15) is 4.79 Å². The maximum atomic E-state index is 12.3. The SMILES string of the molecule is O=C(NC(=S)NCc1ccccc1)c1ccc(-c2cccc(Cl)c2Cl)o1. The van der Waals surface area contributed by atoms with E-state index in [1.807, 2.05) is 30.3 Å². The van der Waals surface area contributed by atoms with Gasteiger partial charge in [-0.25, -0.2) is 0 Å². The molecular weight excluding hydrogens is 391 g/mol. The number of benzene rings is 2. The van der Waals surface area contributed by atoms with Crippen molar-refractivity contribution < 1.29 is 9.21 Å². The Kier molecular flexibility index (Phi) is 5.93. The van der Waals surface area contributed by atoms with E-state index in [-0.39, 0.29) is 10.9 Å². The Morgan fingerprint density at radius 2 is 1.77 bits per heavy atom. The third-order valence-corrected chi connectivity index (χ3v) is 4.64. The molecule has 3 rings (SSSR count). The molecule has 0 saturated heterocycles. The van der Waals surface area contributed by atoms with E-state index >= 15 is 0 Å². The van der Waals surface area contributed by atoms with Crippen LogP contribution in [0.4, 0.5) is 0 Å². The largest absolute Gasteiger partial charge is 0.451 e. The first-order valence-electron chi connectivity index (χ1n) is 7.72. The van der Waals surface area contributed by atoms with Crippen LogP contribution in [0.15, 0.2) is 65.1 Å². The van der Waals surface area contributed by atoms with E-state index in [0.29, 0.717) is 27.9 Å². The highest BCUT2D eigenvalue weighted by atomic mass is 35.5. The summed E-state index contributed by atoms with van der Waals surface area (Å²) < 4.78 is 5.59. The Balaban J connectivity index is 1.63. The number of amides is 1.